The first-order valence-electron chi connectivity index (χ1n) is 5.68. The number of nitrogen functional groups attached to an aromatic ring is 1. The highest BCUT2D eigenvalue weighted by Crippen LogP contribution is 2.44. The SMILES string of the molecule is COc1cc(C(=O)NC2CC2(C)C)ccc1N. The molecule has 92 valence electrons. The number of amides is 1. The summed E-state index contributed by atoms with van der Waals surface area (Å²) in [5.74, 6) is 0.464. The predicted octanol–water partition coefficient (Wildman–Crippen LogP) is 1.81. The van der Waals surface area contributed by atoms with Gasteiger partial charge in [-0.05, 0) is 30.0 Å². The van der Waals surface area contributed by atoms with Gasteiger partial charge < -0.3 is 15.8 Å². The lowest BCUT2D eigenvalue weighted by Crippen LogP contribution is -2.28. The lowest BCUT2D eigenvalue weighted by Gasteiger charge is -2.09. The second-order valence-electron chi connectivity index (χ2n) is 5.18. The van der Waals surface area contributed by atoms with Crippen LogP contribution < -0.4 is 15.8 Å². The number of hydrogen-bond acceptors (Lipinski definition) is 3. The number of nitrogens with two attached hydrogens (primary N) is 1. The Bertz CT molecular complexity index is 455. The van der Waals surface area contributed by atoms with Gasteiger partial charge in [0.1, 0.15) is 5.75 Å². The van der Waals surface area contributed by atoms with Crippen LogP contribution in [0.4, 0.5) is 5.69 Å². The molecular weight excluding hydrogens is 216 g/mol. The first kappa shape index (κ1) is 11.8. The molecule has 1 atom stereocenters. The maximum atomic E-state index is 12.0. The molecule has 1 aliphatic rings. The summed E-state index contributed by atoms with van der Waals surface area (Å²) in [4.78, 5) is 12.0. The van der Waals surface area contributed by atoms with Crippen LogP contribution in [0.25, 0.3) is 0 Å². The van der Waals surface area contributed by atoms with E-state index in [1.807, 2.05) is 0 Å². The van der Waals surface area contributed by atoms with Crippen molar-refractivity contribution in [3.63, 3.8) is 0 Å². The van der Waals surface area contributed by atoms with Gasteiger partial charge in [-0.15, -0.1) is 0 Å². The van der Waals surface area contributed by atoms with Crippen LogP contribution in [0.1, 0.15) is 30.6 Å². The van der Waals surface area contributed by atoms with E-state index in [0.29, 0.717) is 17.0 Å². The van der Waals surface area contributed by atoms with Crippen molar-refractivity contribution >= 4 is 11.6 Å². The van der Waals surface area contributed by atoms with Crippen molar-refractivity contribution in [1.82, 2.24) is 5.32 Å². The topological polar surface area (TPSA) is 64.3 Å². The number of benzene rings is 1. The van der Waals surface area contributed by atoms with Crippen LogP contribution in [0.5, 0.6) is 5.75 Å². The van der Waals surface area contributed by atoms with Crippen LogP contribution in [-0.2, 0) is 0 Å². The third kappa shape index (κ3) is 2.35. The summed E-state index contributed by atoms with van der Waals surface area (Å²) in [6.45, 7) is 4.28. The standard InChI is InChI=1S/C13H18N2O2/c1-13(2)7-11(13)15-12(16)8-4-5-9(14)10(6-8)17-3/h4-6,11H,7,14H2,1-3H3,(H,15,16). The molecule has 0 saturated heterocycles. The Labute approximate surface area is 101 Å². The van der Waals surface area contributed by atoms with Crippen molar-refractivity contribution in [2.24, 2.45) is 5.41 Å². The zero-order chi connectivity index (χ0) is 12.6. The van der Waals surface area contributed by atoms with Gasteiger partial charge in [-0.1, -0.05) is 13.8 Å². The van der Waals surface area contributed by atoms with Crippen LogP contribution in [-0.4, -0.2) is 19.1 Å². The number of hydrogen-bond donors (Lipinski definition) is 2. The van der Waals surface area contributed by atoms with Gasteiger partial charge in [0.25, 0.3) is 5.91 Å². The first-order chi connectivity index (χ1) is 7.94. The van der Waals surface area contributed by atoms with Crippen molar-refractivity contribution in [3.8, 4) is 5.75 Å². The van der Waals surface area contributed by atoms with E-state index in [0.717, 1.165) is 6.42 Å². The summed E-state index contributed by atoms with van der Waals surface area (Å²) in [6, 6.07) is 5.34. The molecule has 0 aliphatic heterocycles. The molecule has 2 rings (SSSR count). The molecule has 0 heterocycles. The van der Waals surface area contributed by atoms with E-state index in [-0.39, 0.29) is 17.4 Å². The van der Waals surface area contributed by atoms with E-state index >= 15 is 0 Å². The minimum absolute atomic E-state index is 0.0705. The zero-order valence-electron chi connectivity index (χ0n) is 10.4. The van der Waals surface area contributed by atoms with Crippen molar-refractivity contribution < 1.29 is 9.53 Å². The van der Waals surface area contributed by atoms with Crippen molar-refractivity contribution in [3.05, 3.63) is 23.8 Å². The molecule has 1 aromatic rings. The molecule has 4 heteroatoms. The summed E-state index contributed by atoms with van der Waals surface area (Å²) < 4.78 is 5.09. The Hall–Kier alpha value is -1.71. The number of carbonyl (C=O) groups excluding carboxylic acids is 1. The number of carbonyl (C=O) groups is 1. The molecule has 0 aromatic heterocycles. The Morgan fingerprint density at radius 2 is 2.18 bits per heavy atom. The predicted molar refractivity (Wildman–Crippen MR) is 67.1 cm³/mol. The first-order valence-corrected chi connectivity index (χ1v) is 5.68. The average molecular weight is 234 g/mol. The molecule has 0 spiro atoms. The quantitative estimate of drug-likeness (QED) is 0.784. The number of nitrogens with one attached hydrogen (secondary N) is 1. The van der Waals surface area contributed by atoms with E-state index in [1.54, 1.807) is 18.2 Å². The molecule has 1 aliphatic carbocycles. The van der Waals surface area contributed by atoms with Gasteiger partial charge in [0.05, 0.1) is 12.8 Å². The highest BCUT2D eigenvalue weighted by Gasteiger charge is 2.46. The van der Waals surface area contributed by atoms with Gasteiger partial charge in [-0.2, -0.15) is 0 Å². The van der Waals surface area contributed by atoms with Crippen LogP contribution >= 0.6 is 0 Å². The number of rotatable bonds is 3. The minimum atomic E-state index is -0.0705. The third-order valence-corrected chi connectivity index (χ3v) is 3.31. The maximum Gasteiger partial charge on any atom is 0.251 e. The van der Waals surface area contributed by atoms with E-state index in [9.17, 15) is 4.79 Å². The molecule has 1 aromatic carbocycles. The minimum Gasteiger partial charge on any atom is -0.495 e. The summed E-state index contributed by atoms with van der Waals surface area (Å²) >= 11 is 0. The van der Waals surface area contributed by atoms with Crippen LogP contribution in [0.15, 0.2) is 18.2 Å². The van der Waals surface area contributed by atoms with Gasteiger partial charge in [-0.3, -0.25) is 4.79 Å². The maximum absolute atomic E-state index is 12.0. The molecule has 1 saturated carbocycles. The molecule has 1 unspecified atom stereocenters. The fraction of sp³-hybridized carbons (Fsp3) is 0.462. The normalized spacial score (nSPS) is 20.8. The summed E-state index contributed by atoms with van der Waals surface area (Å²) in [6.07, 6.45) is 1.03. The molecule has 3 N–H and O–H groups in total. The van der Waals surface area contributed by atoms with Crippen molar-refractivity contribution in [2.45, 2.75) is 26.3 Å². The second kappa shape index (κ2) is 3.95. The molecular formula is C13H18N2O2. The summed E-state index contributed by atoms with van der Waals surface area (Å²) in [5, 5.41) is 3.00. The van der Waals surface area contributed by atoms with E-state index < -0.39 is 0 Å². The molecule has 0 radical (unpaired) electrons. The molecule has 1 fully saturated rings. The lowest BCUT2D eigenvalue weighted by molar-refractivity contribution is 0.0946. The largest absolute Gasteiger partial charge is 0.495 e. The van der Waals surface area contributed by atoms with Gasteiger partial charge >= 0.3 is 0 Å². The molecule has 0 bridgehead atoms. The van der Waals surface area contributed by atoms with Gasteiger partial charge in [0.15, 0.2) is 0 Å². The Morgan fingerprint density at radius 3 is 2.71 bits per heavy atom. The van der Waals surface area contributed by atoms with Crippen molar-refractivity contribution in [1.29, 1.82) is 0 Å². The number of anilines is 1. The van der Waals surface area contributed by atoms with Gasteiger partial charge in [0, 0.05) is 11.6 Å². The van der Waals surface area contributed by atoms with E-state index in [1.165, 1.54) is 7.11 Å². The van der Waals surface area contributed by atoms with Gasteiger partial charge in [0.2, 0.25) is 0 Å². The highest BCUT2D eigenvalue weighted by molar-refractivity contribution is 5.95. The number of methoxy groups -OCH3 is 1. The Kier molecular flexibility index (Phi) is 2.73. The zero-order valence-corrected chi connectivity index (χ0v) is 10.4. The van der Waals surface area contributed by atoms with E-state index in [2.05, 4.69) is 19.2 Å². The average Bonchev–Trinajstić information content (AvgIpc) is 2.86. The van der Waals surface area contributed by atoms with Crippen LogP contribution in [0, 0.1) is 5.41 Å². The fourth-order valence-corrected chi connectivity index (χ4v) is 1.81. The summed E-state index contributed by atoms with van der Waals surface area (Å²) in [7, 11) is 1.54. The Balaban J connectivity index is 2.09. The van der Waals surface area contributed by atoms with Crippen molar-refractivity contribution in [2.75, 3.05) is 12.8 Å². The fourth-order valence-electron chi connectivity index (χ4n) is 1.81. The Morgan fingerprint density at radius 1 is 1.53 bits per heavy atom. The summed E-state index contributed by atoms with van der Waals surface area (Å²) in [5.41, 5.74) is 7.05. The molecule has 17 heavy (non-hydrogen) atoms. The smallest absolute Gasteiger partial charge is 0.251 e. The monoisotopic (exact) mass is 234 g/mol. The second-order valence-corrected chi connectivity index (χ2v) is 5.18. The molecule has 4 nitrogen and oxygen atoms in total. The molecule has 1 amide bonds. The van der Waals surface area contributed by atoms with Crippen LogP contribution in [0.3, 0.4) is 0 Å². The number of ether oxygens (including phenoxy) is 1. The van der Waals surface area contributed by atoms with Gasteiger partial charge in [-0.25, -0.2) is 0 Å². The highest BCUT2D eigenvalue weighted by atomic mass is 16.5. The van der Waals surface area contributed by atoms with E-state index in [4.69, 9.17) is 10.5 Å². The lowest BCUT2D eigenvalue weighted by atomic mass is 10.1. The van der Waals surface area contributed by atoms with Crippen LogP contribution in [0.2, 0.25) is 0 Å². The third-order valence-electron chi connectivity index (χ3n) is 3.31.